The highest BCUT2D eigenvalue weighted by molar-refractivity contribution is 5.86. The van der Waals surface area contributed by atoms with E-state index in [1.54, 1.807) is 0 Å². The summed E-state index contributed by atoms with van der Waals surface area (Å²) in [6.45, 7) is -0.211. The Bertz CT molecular complexity index is 358. The number of carboxylic acids is 1. The summed E-state index contributed by atoms with van der Waals surface area (Å²) in [5.74, 6) is -2.15. The zero-order chi connectivity index (χ0) is 14.8. The van der Waals surface area contributed by atoms with Gasteiger partial charge in [0.25, 0.3) is 0 Å². The molecule has 10 heteroatoms. The number of urea groups is 1. The van der Waals surface area contributed by atoms with Crippen LogP contribution in [0.5, 0.6) is 0 Å². The number of primary amides is 1. The fourth-order valence-electron chi connectivity index (χ4n) is 0.976. The van der Waals surface area contributed by atoms with Crippen molar-refractivity contribution in [2.45, 2.75) is 12.5 Å². The van der Waals surface area contributed by atoms with Crippen molar-refractivity contribution in [2.75, 3.05) is 20.3 Å². The van der Waals surface area contributed by atoms with Crippen molar-refractivity contribution in [1.82, 2.24) is 10.6 Å². The molecule has 0 saturated carbocycles. The monoisotopic (exact) mass is 277 g/mol. The highest BCUT2D eigenvalue weighted by atomic mass is 16.5. The second kappa shape index (κ2) is 8.55. The molecule has 0 aliphatic rings. The molecule has 0 spiro atoms. The van der Waals surface area contributed by atoms with E-state index >= 15 is 0 Å². The van der Waals surface area contributed by atoms with Crippen molar-refractivity contribution in [3.05, 3.63) is 0 Å². The number of nitrogens with one attached hydrogen (secondary N) is 2. The predicted molar refractivity (Wildman–Crippen MR) is 60.1 cm³/mol. The van der Waals surface area contributed by atoms with Crippen LogP contribution in [0.1, 0.15) is 6.42 Å². The number of carboxylic acid groups (broad SMARTS) is 1. The van der Waals surface area contributed by atoms with Crippen LogP contribution in [-0.2, 0) is 19.1 Å². The molecule has 10 nitrogen and oxygen atoms in total. The third-order valence-corrected chi connectivity index (χ3v) is 1.83. The number of esters is 1. The van der Waals surface area contributed by atoms with E-state index in [0.29, 0.717) is 0 Å². The molecule has 0 radical (unpaired) electrons. The van der Waals surface area contributed by atoms with E-state index in [-0.39, 0.29) is 13.2 Å². The Morgan fingerprint density at radius 3 is 2.42 bits per heavy atom. The summed E-state index contributed by atoms with van der Waals surface area (Å²) in [6.07, 6.45) is -1.49. The molecule has 0 bridgehead atoms. The summed E-state index contributed by atoms with van der Waals surface area (Å²) < 4.78 is 8.62. The second-order valence-corrected chi connectivity index (χ2v) is 3.24. The Morgan fingerprint density at radius 2 is 1.95 bits per heavy atom. The lowest BCUT2D eigenvalue weighted by atomic mass is 10.2. The standard InChI is InChI=1S/C9H15N3O7/c1-18-6(13)4-5(7(14)15)12-9(17)11-2-3-19-8(10)16/h5H,2-4H2,1H3,(H2,10,16)(H,14,15)(H2,11,12,17)/t5-/m0/s1. The smallest absolute Gasteiger partial charge is 0.404 e. The number of ether oxygens (including phenoxy) is 2. The topological polar surface area (TPSA) is 157 Å². The molecule has 0 aromatic carbocycles. The molecule has 3 amide bonds. The first-order valence-corrected chi connectivity index (χ1v) is 5.13. The lowest BCUT2D eigenvalue weighted by Gasteiger charge is -2.13. The van der Waals surface area contributed by atoms with Crippen molar-refractivity contribution in [1.29, 1.82) is 0 Å². The van der Waals surface area contributed by atoms with Gasteiger partial charge in [-0.2, -0.15) is 0 Å². The van der Waals surface area contributed by atoms with E-state index in [0.717, 1.165) is 7.11 Å². The average molecular weight is 277 g/mol. The molecular formula is C9H15N3O7. The van der Waals surface area contributed by atoms with Gasteiger partial charge in [-0.15, -0.1) is 0 Å². The lowest BCUT2D eigenvalue weighted by Crippen LogP contribution is -2.47. The minimum absolute atomic E-state index is 0.0562. The van der Waals surface area contributed by atoms with Crippen LogP contribution in [0.4, 0.5) is 9.59 Å². The van der Waals surface area contributed by atoms with Crippen LogP contribution in [0.2, 0.25) is 0 Å². The molecule has 0 saturated heterocycles. The van der Waals surface area contributed by atoms with E-state index in [1.807, 2.05) is 5.32 Å². The van der Waals surface area contributed by atoms with E-state index in [9.17, 15) is 19.2 Å². The first-order chi connectivity index (χ1) is 8.86. The van der Waals surface area contributed by atoms with Gasteiger partial charge in [0.2, 0.25) is 0 Å². The number of hydrogen-bond donors (Lipinski definition) is 4. The molecule has 0 unspecified atom stereocenters. The highest BCUT2D eigenvalue weighted by Gasteiger charge is 2.23. The zero-order valence-electron chi connectivity index (χ0n) is 10.2. The molecule has 0 heterocycles. The quantitative estimate of drug-likeness (QED) is 0.322. The van der Waals surface area contributed by atoms with Crippen LogP contribution < -0.4 is 16.4 Å². The summed E-state index contributed by atoms with van der Waals surface area (Å²) in [6, 6.07) is -2.24. The van der Waals surface area contributed by atoms with Gasteiger partial charge in [-0.05, 0) is 0 Å². The lowest BCUT2D eigenvalue weighted by molar-refractivity contribution is -0.147. The van der Waals surface area contributed by atoms with Crippen molar-refractivity contribution in [3.8, 4) is 0 Å². The molecule has 1 atom stereocenters. The zero-order valence-corrected chi connectivity index (χ0v) is 10.2. The average Bonchev–Trinajstić information content (AvgIpc) is 2.33. The van der Waals surface area contributed by atoms with Crippen molar-refractivity contribution >= 4 is 24.1 Å². The van der Waals surface area contributed by atoms with Gasteiger partial charge in [0.15, 0.2) is 0 Å². The van der Waals surface area contributed by atoms with Gasteiger partial charge in [-0.3, -0.25) is 4.79 Å². The highest BCUT2D eigenvalue weighted by Crippen LogP contribution is 1.94. The third kappa shape index (κ3) is 8.24. The fourth-order valence-corrected chi connectivity index (χ4v) is 0.976. The SMILES string of the molecule is COC(=O)C[C@H](NC(=O)NCCOC(N)=O)C(=O)O. The Kier molecular flexibility index (Phi) is 7.42. The molecule has 0 aliphatic carbocycles. The van der Waals surface area contributed by atoms with Crippen LogP contribution in [0.25, 0.3) is 0 Å². The number of aliphatic carboxylic acids is 1. The first-order valence-electron chi connectivity index (χ1n) is 5.13. The van der Waals surface area contributed by atoms with Crippen LogP contribution in [0, 0.1) is 0 Å². The van der Waals surface area contributed by atoms with Gasteiger partial charge in [0, 0.05) is 0 Å². The molecule has 108 valence electrons. The van der Waals surface area contributed by atoms with E-state index in [2.05, 4.69) is 20.5 Å². The van der Waals surface area contributed by atoms with Gasteiger partial charge in [0.1, 0.15) is 12.6 Å². The number of rotatable bonds is 7. The Balaban J connectivity index is 4.07. The number of hydrogen-bond acceptors (Lipinski definition) is 6. The molecule has 0 rings (SSSR count). The number of carbonyl (C=O) groups excluding carboxylic acids is 3. The minimum Gasteiger partial charge on any atom is -0.480 e. The Labute approximate surface area is 108 Å². The summed E-state index contributed by atoms with van der Waals surface area (Å²) in [7, 11) is 1.10. The molecule has 0 fully saturated rings. The summed E-state index contributed by atoms with van der Waals surface area (Å²) in [5, 5.41) is 13.0. The molecular weight excluding hydrogens is 262 g/mol. The molecule has 0 aliphatic heterocycles. The minimum atomic E-state index is -1.41. The van der Waals surface area contributed by atoms with Gasteiger partial charge in [0.05, 0.1) is 20.1 Å². The number of carbonyl (C=O) groups is 4. The Hall–Kier alpha value is -2.52. The maximum absolute atomic E-state index is 11.3. The number of amides is 3. The number of nitrogens with two attached hydrogens (primary N) is 1. The normalized spacial score (nSPS) is 11.0. The van der Waals surface area contributed by atoms with Crippen LogP contribution in [0.3, 0.4) is 0 Å². The van der Waals surface area contributed by atoms with Gasteiger partial charge >= 0.3 is 24.1 Å². The maximum Gasteiger partial charge on any atom is 0.404 e. The fraction of sp³-hybridized carbons (Fsp3) is 0.556. The van der Waals surface area contributed by atoms with Crippen LogP contribution >= 0.6 is 0 Å². The van der Waals surface area contributed by atoms with Gasteiger partial charge < -0.3 is 30.9 Å². The van der Waals surface area contributed by atoms with Crippen LogP contribution in [0.15, 0.2) is 0 Å². The number of methoxy groups -OCH3 is 1. The summed E-state index contributed by atoms with van der Waals surface area (Å²) in [4.78, 5) is 43.2. The molecule has 0 aromatic rings. The third-order valence-electron chi connectivity index (χ3n) is 1.83. The summed E-state index contributed by atoms with van der Waals surface area (Å²) in [5.41, 5.74) is 4.68. The van der Waals surface area contributed by atoms with Crippen molar-refractivity contribution in [3.63, 3.8) is 0 Å². The predicted octanol–water partition coefficient (Wildman–Crippen LogP) is -1.60. The van der Waals surface area contributed by atoms with Crippen molar-refractivity contribution < 1.29 is 33.8 Å². The Morgan fingerprint density at radius 1 is 1.32 bits per heavy atom. The van der Waals surface area contributed by atoms with E-state index < -0.39 is 36.5 Å². The first kappa shape index (κ1) is 16.5. The van der Waals surface area contributed by atoms with Crippen LogP contribution in [-0.4, -0.2) is 55.5 Å². The molecule has 19 heavy (non-hydrogen) atoms. The molecule has 5 N–H and O–H groups in total. The second-order valence-electron chi connectivity index (χ2n) is 3.24. The molecule has 0 aromatic heterocycles. The van der Waals surface area contributed by atoms with E-state index in [1.165, 1.54) is 0 Å². The maximum atomic E-state index is 11.3. The van der Waals surface area contributed by atoms with E-state index in [4.69, 9.17) is 5.11 Å². The van der Waals surface area contributed by atoms with Crippen molar-refractivity contribution in [2.24, 2.45) is 5.73 Å². The summed E-state index contributed by atoms with van der Waals surface area (Å²) >= 11 is 0. The van der Waals surface area contributed by atoms with Gasteiger partial charge in [-0.1, -0.05) is 0 Å². The van der Waals surface area contributed by atoms with Gasteiger partial charge in [-0.25, -0.2) is 14.4 Å². The largest absolute Gasteiger partial charge is 0.480 e.